The van der Waals surface area contributed by atoms with E-state index in [-0.39, 0.29) is 31.6 Å². The number of carboxylic acids is 1. The van der Waals surface area contributed by atoms with Crippen molar-refractivity contribution in [2.24, 2.45) is 11.8 Å². The fourth-order valence-electron chi connectivity index (χ4n) is 3.04. The van der Waals surface area contributed by atoms with Gasteiger partial charge in [-0.2, -0.15) is 0 Å². The molecule has 1 fully saturated rings. The molecule has 146 valence electrons. The molecule has 0 aliphatic carbocycles. The van der Waals surface area contributed by atoms with E-state index in [9.17, 15) is 19.2 Å². The average molecular weight is 396 g/mol. The topological polar surface area (TPSA) is 101 Å². The van der Waals surface area contributed by atoms with Gasteiger partial charge in [0.1, 0.15) is 5.75 Å². The van der Waals surface area contributed by atoms with Crippen LogP contribution in [0.15, 0.2) is 18.2 Å². The van der Waals surface area contributed by atoms with Crippen molar-refractivity contribution in [1.29, 1.82) is 0 Å². The Balaban J connectivity index is 2.23. The van der Waals surface area contributed by atoms with Crippen LogP contribution in [-0.4, -0.2) is 47.2 Å². The summed E-state index contributed by atoms with van der Waals surface area (Å²) in [6.45, 7) is 1.08. The van der Waals surface area contributed by atoms with Gasteiger partial charge in [0, 0.05) is 23.8 Å². The Morgan fingerprint density at radius 3 is 2.70 bits per heavy atom. The number of nitrogens with zero attached hydrogens (tertiary/aromatic N) is 1. The molecule has 2 amide bonds. The SMILES string of the molecule is COc1ccc(Cl)cc1CC1CCC(=O)CN(C(=O)C[C@H](C)C(=O)O)C1=O. The minimum atomic E-state index is -1.13. The van der Waals surface area contributed by atoms with Crippen molar-refractivity contribution in [2.75, 3.05) is 13.7 Å². The Morgan fingerprint density at radius 1 is 1.37 bits per heavy atom. The molecule has 7 nitrogen and oxygen atoms in total. The first kappa shape index (κ1) is 20.9. The van der Waals surface area contributed by atoms with Crippen molar-refractivity contribution in [2.45, 2.75) is 32.6 Å². The van der Waals surface area contributed by atoms with E-state index in [4.69, 9.17) is 21.4 Å². The van der Waals surface area contributed by atoms with Gasteiger partial charge < -0.3 is 9.84 Å². The fraction of sp³-hybridized carbons (Fsp3) is 0.474. The van der Waals surface area contributed by atoms with Crippen LogP contribution in [0.5, 0.6) is 5.75 Å². The highest BCUT2D eigenvalue weighted by Gasteiger charge is 2.35. The van der Waals surface area contributed by atoms with Gasteiger partial charge in [-0.25, -0.2) is 0 Å². The van der Waals surface area contributed by atoms with Crippen LogP contribution in [0.2, 0.25) is 5.02 Å². The molecule has 1 aliphatic rings. The number of methoxy groups -OCH3 is 1. The summed E-state index contributed by atoms with van der Waals surface area (Å²) < 4.78 is 5.30. The number of ether oxygens (including phenoxy) is 1. The van der Waals surface area contributed by atoms with Crippen LogP contribution >= 0.6 is 11.6 Å². The van der Waals surface area contributed by atoms with Gasteiger partial charge in [-0.1, -0.05) is 18.5 Å². The lowest BCUT2D eigenvalue weighted by Crippen LogP contribution is -2.43. The average Bonchev–Trinajstić information content (AvgIpc) is 2.75. The van der Waals surface area contributed by atoms with E-state index < -0.39 is 29.6 Å². The van der Waals surface area contributed by atoms with Crippen LogP contribution in [0.25, 0.3) is 0 Å². The van der Waals surface area contributed by atoms with Gasteiger partial charge in [-0.3, -0.25) is 24.1 Å². The summed E-state index contributed by atoms with van der Waals surface area (Å²) in [4.78, 5) is 49.3. The van der Waals surface area contributed by atoms with Crippen LogP contribution in [0.3, 0.4) is 0 Å². The molecule has 1 aromatic rings. The number of hydrogen-bond acceptors (Lipinski definition) is 5. The van der Waals surface area contributed by atoms with E-state index >= 15 is 0 Å². The highest BCUT2D eigenvalue weighted by molar-refractivity contribution is 6.30. The van der Waals surface area contributed by atoms with Crippen LogP contribution in [-0.2, 0) is 25.6 Å². The molecule has 0 radical (unpaired) electrons. The first-order valence-corrected chi connectivity index (χ1v) is 9.01. The number of ketones is 1. The van der Waals surface area contributed by atoms with Crippen molar-refractivity contribution < 1.29 is 29.0 Å². The van der Waals surface area contributed by atoms with Gasteiger partial charge in [0.2, 0.25) is 11.8 Å². The molecular formula is C19H22ClNO6. The minimum Gasteiger partial charge on any atom is -0.496 e. The maximum Gasteiger partial charge on any atom is 0.306 e. The number of imide groups is 1. The quantitative estimate of drug-likeness (QED) is 0.793. The molecule has 0 aromatic heterocycles. The third-order valence-electron chi connectivity index (χ3n) is 4.63. The zero-order chi connectivity index (χ0) is 20.1. The molecule has 0 spiro atoms. The Hall–Kier alpha value is -2.41. The second-order valence-corrected chi connectivity index (χ2v) is 7.13. The van der Waals surface area contributed by atoms with E-state index in [0.717, 1.165) is 4.90 Å². The first-order valence-electron chi connectivity index (χ1n) is 8.64. The second-order valence-electron chi connectivity index (χ2n) is 6.70. The van der Waals surface area contributed by atoms with Crippen LogP contribution in [0.1, 0.15) is 31.7 Å². The summed E-state index contributed by atoms with van der Waals surface area (Å²) in [5.74, 6) is -3.42. The number of hydrogen-bond donors (Lipinski definition) is 1. The van der Waals surface area contributed by atoms with Gasteiger partial charge in [0.05, 0.1) is 19.6 Å². The van der Waals surface area contributed by atoms with Crippen LogP contribution < -0.4 is 4.74 Å². The van der Waals surface area contributed by atoms with E-state index in [1.807, 2.05) is 0 Å². The van der Waals surface area contributed by atoms with Crippen molar-refractivity contribution in [3.8, 4) is 5.75 Å². The van der Waals surface area contributed by atoms with E-state index in [0.29, 0.717) is 22.8 Å². The summed E-state index contributed by atoms with van der Waals surface area (Å²) in [7, 11) is 1.51. The molecule has 1 aliphatic heterocycles. The van der Waals surface area contributed by atoms with Gasteiger partial charge in [-0.05, 0) is 36.6 Å². The number of Topliss-reactive ketones (excluding diaryl/α,β-unsaturated/α-hetero) is 1. The number of amides is 2. The number of carbonyl (C=O) groups is 4. The zero-order valence-corrected chi connectivity index (χ0v) is 16.0. The highest BCUT2D eigenvalue weighted by atomic mass is 35.5. The third-order valence-corrected chi connectivity index (χ3v) is 4.87. The molecule has 1 aromatic carbocycles. The Morgan fingerprint density at radius 2 is 2.07 bits per heavy atom. The fourth-order valence-corrected chi connectivity index (χ4v) is 3.24. The monoisotopic (exact) mass is 395 g/mol. The van der Waals surface area contributed by atoms with Gasteiger partial charge in [0.15, 0.2) is 5.78 Å². The summed E-state index contributed by atoms with van der Waals surface area (Å²) in [5, 5.41) is 9.48. The molecule has 2 atom stereocenters. The first-order chi connectivity index (χ1) is 12.7. The van der Waals surface area contributed by atoms with E-state index in [1.54, 1.807) is 18.2 Å². The van der Waals surface area contributed by atoms with Gasteiger partial charge in [0.25, 0.3) is 0 Å². The lowest BCUT2D eigenvalue weighted by molar-refractivity contribution is -0.152. The second kappa shape index (κ2) is 8.99. The molecule has 1 N–H and O–H groups in total. The molecular weight excluding hydrogens is 374 g/mol. The van der Waals surface area contributed by atoms with E-state index in [1.165, 1.54) is 14.0 Å². The number of likely N-dealkylation sites (tertiary alicyclic amines) is 1. The largest absolute Gasteiger partial charge is 0.496 e. The highest BCUT2D eigenvalue weighted by Crippen LogP contribution is 2.29. The smallest absolute Gasteiger partial charge is 0.306 e. The molecule has 1 heterocycles. The molecule has 0 bridgehead atoms. The third kappa shape index (κ3) is 5.29. The number of carboxylic acid groups (broad SMARTS) is 1. The zero-order valence-electron chi connectivity index (χ0n) is 15.2. The normalized spacial score (nSPS) is 18.8. The lowest BCUT2D eigenvalue weighted by atomic mass is 9.93. The number of aliphatic carboxylic acids is 1. The van der Waals surface area contributed by atoms with E-state index in [2.05, 4.69) is 0 Å². The van der Waals surface area contributed by atoms with Crippen molar-refractivity contribution in [3.05, 3.63) is 28.8 Å². The summed E-state index contributed by atoms with van der Waals surface area (Å²) in [6.07, 6.45) is 0.429. The molecule has 2 rings (SSSR count). The number of halogens is 1. The number of rotatable bonds is 6. The predicted octanol–water partition coefficient (Wildman–Crippen LogP) is 2.34. The molecule has 27 heavy (non-hydrogen) atoms. The molecule has 1 saturated heterocycles. The maximum atomic E-state index is 12.9. The molecule has 1 unspecified atom stereocenters. The van der Waals surface area contributed by atoms with Gasteiger partial charge >= 0.3 is 5.97 Å². The number of carbonyl (C=O) groups excluding carboxylic acids is 3. The standard InChI is InChI=1S/C19H22ClNO6/c1-11(19(25)26)7-17(23)21-10-15(22)5-3-12(18(21)24)8-13-9-14(20)4-6-16(13)27-2/h4,6,9,11-12H,3,5,7-8,10H2,1-2H3,(H,25,26)/t11-,12?/m0/s1. The molecule has 8 heteroatoms. The van der Waals surface area contributed by atoms with Crippen LogP contribution in [0.4, 0.5) is 0 Å². The summed E-state index contributed by atoms with van der Waals surface area (Å²) in [5.41, 5.74) is 0.712. The van der Waals surface area contributed by atoms with Crippen molar-refractivity contribution >= 4 is 35.2 Å². The van der Waals surface area contributed by atoms with Crippen LogP contribution in [0, 0.1) is 11.8 Å². The van der Waals surface area contributed by atoms with Crippen molar-refractivity contribution in [3.63, 3.8) is 0 Å². The summed E-state index contributed by atoms with van der Waals surface area (Å²) >= 11 is 6.03. The lowest BCUT2D eigenvalue weighted by Gasteiger charge is -2.23. The maximum absolute atomic E-state index is 12.9. The van der Waals surface area contributed by atoms with Gasteiger partial charge in [-0.15, -0.1) is 0 Å². The Bertz CT molecular complexity index is 763. The number of benzene rings is 1. The predicted molar refractivity (Wildman–Crippen MR) is 97.6 cm³/mol. The minimum absolute atomic E-state index is 0.178. The Labute approximate surface area is 162 Å². The summed E-state index contributed by atoms with van der Waals surface area (Å²) in [6, 6.07) is 5.06. The Kier molecular flexibility index (Phi) is 6.96. The molecule has 0 saturated carbocycles. The van der Waals surface area contributed by atoms with Crippen molar-refractivity contribution in [1.82, 2.24) is 4.90 Å².